The van der Waals surface area contributed by atoms with E-state index in [0.717, 1.165) is 11.1 Å². The van der Waals surface area contributed by atoms with Gasteiger partial charge in [-0.1, -0.05) is 95.7 Å². The lowest BCUT2D eigenvalue weighted by atomic mass is 9.93. The molecule has 1 atom stereocenters. The maximum Gasteiger partial charge on any atom is 0.395 e. The first-order valence-corrected chi connectivity index (χ1v) is 14.1. The maximum atomic E-state index is 13.0. The Morgan fingerprint density at radius 2 is 1.42 bits per heavy atom. The second-order valence-corrected chi connectivity index (χ2v) is 8.17. The molecule has 0 spiro atoms. The van der Waals surface area contributed by atoms with Crippen LogP contribution in [0.2, 0.25) is 0 Å². The van der Waals surface area contributed by atoms with Crippen molar-refractivity contribution in [3.05, 3.63) is 59.8 Å². The van der Waals surface area contributed by atoms with E-state index in [1.54, 1.807) is 25.2 Å². The standard InChI is InChI=1S/C20H27F3O.C7H17N.2C2H6.CH5N/c1-6-8-9-19(17(5)20(21,22)23)13-12-18(7-2)11-10-15(3)14-16(4)24;1-4-6-8(3)7-5-2;3*1-2/h6-11,17H,2,12-14H2,1,3-5H3;4-7H2,1-3H3;2*1-2H3;2H2,1H3/b8-6+,15-10+,18-11+,19-9-;;;;. The summed E-state index contributed by atoms with van der Waals surface area (Å²) in [6.07, 6.45) is 9.61. The van der Waals surface area contributed by atoms with Gasteiger partial charge in [0.15, 0.2) is 0 Å². The lowest BCUT2D eigenvalue weighted by molar-refractivity contribution is -0.159. The molecule has 0 aliphatic heterocycles. The Bertz CT molecular complexity index is 654. The van der Waals surface area contributed by atoms with Crippen LogP contribution < -0.4 is 5.73 Å². The predicted octanol–water partition coefficient (Wildman–Crippen LogP) is 9.87. The van der Waals surface area contributed by atoms with Gasteiger partial charge in [-0.15, -0.1) is 0 Å². The number of hydrogen-bond donors (Lipinski definition) is 1. The van der Waals surface area contributed by atoms with Crippen LogP contribution in [0.15, 0.2) is 59.8 Å². The number of Topliss-reactive ketones (excluding diaryl/α,β-unsaturated/α-hetero) is 1. The fraction of sp³-hybridized carbons (Fsp3) is 0.656. The Morgan fingerprint density at radius 1 is 0.947 bits per heavy atom. The summed E-state index contributed by atoms with van der Waals surface area (Å²) in [5.41, 5.74) is 6.60. The molecule has 0 saturated carbocycles. The van der Waals surface area contributed by atoms with E-state index >= 15 is 0 Å². The van der Waals surface area contributed by atoms with Crippen LogP contribution in [0.4, 0.5) is 13.2 Å². The Kier molecular flexibility index (Phi) is 40.0. The Morgan fingerprint density at radius 3 is 1.76 bits per heavy atom. The minimum atomic E-state index is -4.25. The molecule has 3 nitrogen and oxygen atoms in total. The number of nitrogens with zero attached hydrogens (tertiary/aromatic N) is 1. The van der Waals surface area contributed by atoms with Crippen molar-refractivity contribution >= 4 is 5.78 Å². The van der Waals surface area contributed by atoms with Crippen molar-refractivity contribution in [1.29, 1.82) is 0 Å². The molecule has 0 aliphatic rings. The Balaban J connectivity index is -0.000000216. The molecular formula is C32H61F3N2O. The number of hydrogen-bond acceptors (Lipinski definition) is 3. The molecule has 0 heterocycles. The summed E-state index contributed by atoms with van der Waals surface area (Å²) in [4.78, 5) is 13.4. The van der Waals surface area contributed by atoms with E-state index in [4.69, 9.17) is 0 Å². The monoisotopic (exact) mass is 546 g/mol. The van der Waals surface area contributed by atoms with Crippen LogP contribution >= 0.6 is 0 Å². The van der Waals surface area contributed by atoms with E-state index in [2.05, 4.69) is 38.1 Å². The van der Waals surface area contributed by atoms with Gasteiger partial charge in [-0.3, -0.25) is 4.79 Å². The molecule has 6 heteroatoms. The third-order valence-electron chi connectivity index (χ3n) is 4.83. The first-order chi connectivity index (χ1) is 17.9. The molecule has 0 aromatic carbocycles. The van der Waals surface area contributed by atoms with Crippen LogP contribution in [0.5, 0.6) is 0 Å². The Labute approximate surface area is 234 Å². The van der Waals surface area contributed by atoms with Gasteiger partial charge in [-0.05, 0) is 86.1 Å². The van der Waals surface area contributed by atoms with Crippen molar-refractivity contribution in [3.8, 4) is 0 Å². The highest BCUT2D eigenvalue weighted by molar-refractivity contribution is 5.78. The zero-order valence-corrected chi connectivity index (χ0v) is 26.8. The number of nitrogens with two attached hydrogens (primary N) is 1. The van der Waals surface area contributed by atoms with Gasteiger partial charge >= 0.3 is 6.18 Å². The highest BCUT2D eigenvalue weighted by Crippen LogP contribution is 2.34. The van der Waals surface area contributed by atoms with Gasteiger partial charge in [0.1, 0.15) is 5.78 Å². The van der Waals surface area contributed by atoms with E-state index in [0.29, 0.717) is 24.8 Å². The topological polar surface area (TPSA) is 46.3 Å². The van der Waals surface area contributed by atoms with Crippen LogP contribution in [0.1, 0.15) is 101 Å². The number of carbonyl (C=O) groups excluding carboxylic acids is 1. The molecule has 226 valence electrons. The number of allylic oxidation sites excluding steroid dienone is 9. The summed E-state index contributed by atoms with van der Waals surface area (Å²) in [5, 5.41) is 0. The van der Waals surface area contributed by atoms with Crippen molar-refractivity contribution in [3.63, 3.8) is 0 Å². The van der Waals surface area contributed by atoms with E-state index in [-0.39, 0.29) is 5.78 Å². The molecule has 0 aromatic heterocycles. The first kappa shape index (κ1) is 46.0. The number of ketones is 1. The molecule has 1 unspecified atom stereocenters. The fourth-order valence-electron chi connectivity index (χ4n) is 2.99. The van der Waals surface area contributed by atoms with E-state index < -0.39 is 12.1 Å². The second-order valence-electron chi connectivity index (χ2n) is 8.17. The van der Waals surface area contributed by atoms with Crippen molar-refractivity contribution in [2.75, 3.05) is 27.2 Å². The number of rotatable bonds is 13. The molecule has 0 aromatic rings. The summed E-state index contributed by atoms with van der Waals surface area (Å²) in [6.45, 7) is 25.0. The molecule has 0 saturated heterocycles. The minimum Gasteiger partial charge on any atom is -0.333 e. The number of halogens is 3. The zero-order valence-electron chi connectivity index (χ0n) is 26.8. The molecule has 0 amide bonds. The lowest BCUT2D eigenvalue weighted by Crippen LogP contribution is -2.21. The number of alkyl halides is 3. The molecule has 0 fully saturated rings. The molecule has 0 aliphatic carbocycles. The second kappa shape index (κ2) is 33.1. The van der Waals surface area contributed by atoms with Crippen LogP contribution in [-0.4, -0.2) is 44.0 Å². The van der Waals surface area contributed by atoms with Gasteiger partial charge in [0.2, 0.25) is 0 Å². The first-order valence-electron chi connectivity index (χ1n) is 14.1. The highest BCUT2D eigenvalue weighted by atomic mass is 19.4. The molecule has 2 N–H and O–H groups in total. The average Bonchev–Trinajstić information content (AvgIpc) is 2.88. The van der Waals surface area contributed by atoms with Gasteiger partial charge in [-0.25, -0.2) is 0 Å². The number of carbonyl (C=O) groups is 1. The van der Waals surface area contributed by atoms with Crippen molar-refractivity contribution in [2.45, 2.75) is 108 Å². The van der Waals surface area contributed by atoms with Gasteiger partial charge in [-0.2, -0.15) is 13.2 Å². The Hall–Kier alpha value is -1.92. The van der Waals surface area contributed by atoms with E-state index in [9.17, 15) is 18.0 Å². The summed E-state index contributed by atoms with van der Waals surface area (Å²) in [5.74, 6) is -1.40. The highest BCUT2D eigenvalue weighted by Gasteiger charge is 2.37. The SMILES string of the molecule is C=C/C(=C\C=C(/C)CC(C)=O)CC/C(=C/C=C/C)C(C)C(F)(F)F.CC.CC.CCCN(C)CCC.CN. The molecule has 0 radical (unpaired) electrons. The van der Waals surface area contributed by atoms with Crippen LogP contribution in [-0.2, 0) is 4.79 Å². The molecule has 0 rings (SSSR count). The van der Waals surface area contributed by atoms with Crippen molar-refractivity contribution in [2.24, 2.45) is 11.7 Å². The van der Waals surface area contributed by atoms with E-state index in [1.165, 1.54) is 52.9 Å². The maximum absolute atomic E-state index is 13.0. The predicted molar refractivity (Wildman–Crippen MR) is 166 cm³/mol. The summed E-state index contributed by atoms with van der Waals surface area (Å²) in [7, 11) is 3.67. The molecule has 0 bridgehead atoms. The lowest BCUT2D eigenvalue weighted by Gasteiger charge is -2.19. The smallest absolute Gasteiger partial charge is 0.333 e. The van der Waals surface area contributed by atoms with Crippen LogP contribution in [0.3, 0.4) is 0 Å². The van der Waals surface area contributed by atoms with E-state index in [1.807, 2.05) is 46.8 Å². The van der Waals surface area contributed by atoms with Crippen molar-refractivity contribution in [1.82, 2.24) is 4.90 Å². The third kappa shape index (κ3) is 32.1. The van der Waals surface area contributed by atoms with Gasteiger partial charge < -0.3 is 10.6 Å². The fourth-order valence-corrected chi connectivity index (χ4v) is 2.99. The largest absolute Gasteiger partial charge is 0.395 e. The third-order valence-corrected chi connectivity index (χ3v) is 4.83. The molecule has 38 heavy (non-hydrogen) atoms. The summed E-state index contributed by atoms with van der Waals surface area (Å²) < 4.78 is 38.9. The van der Waals surface area contributed by atoms with Gasteiger partial charge in [0.05, 0.1) is 5.92 Å². The normalized spacial score (nSPS) is 12.6. The zero-order chi connectivity index (χ0) is 31.2. The van der Waals surface area contributed by atoms with Crippen LogP contribution in [0, 0.1) is 5.92 Å². The van der Waals surface area contributed by atoms with Gasteiger partial charge in [0, 0.05) is 6.42 Å². The molecular weight excluding hydrogens is 485 g/mol. The summed E-state index contributed by atoms with van der Waals surface area (Å²) in [6, 6.07) is 0. The van der Waals surface area contributed by atoms with Crippen LogP contribution in [0.25, 0.3) is 0 Å². The minimum absolute atomic E-state index is 0.0767. The average molecular weight is 547 g/mol. The van der Waals surface area contributed by atoms with Gasteiger partial charge in [0.25, 0.3) is 0 Å². The van der Waals surface area contributed by atoms with Crippen molar-refractivity contribution < 1.29 is 18.0 Å². The quantitative estimate of drug-likeness (QED) is 0.234. The summed E-state index contributed by atoms with van der Waals surface area (Å²) >= 11 is 0.